The fourth-order valence-electron chi connectivity index (χ4n) is 2.51. The SMILES string of the molecule is CC(=O)N/C(=C\c1ccccc1)C(=O)OC(C)C(=O)Nc1c(C)nn(C)c1C. The van der Waals surface area contributed by atoms with Crippen molar-refractivity contribution in [2.24, 2.45) is 7.05 Å². The highest BCUT2D eigenvalue weighted by molar-refractivity contribution is 6.00. The first-order valence-electron chi connectivity index (χ1n) is 8.75. The number of amides is 2. The molecule has 2 aromatic rings. The number of benzene rings is 1. The third-order valence-electron chi connectivity index (χ3n) is 4.05. The highest BCUT2D eigenvalue weighted by Gasteiger charge is 2.23. The number of aromatic nitrogens is 2. The number of esters is 1. The van der Waals surface area contributed by atoms with E-state index in [1.165, 1.54) is 19.9 Å². The van der Waals surface area contributed by atoms with Gasteiger partial charge in [-0.15, -0.1) is 0 Å². The van der Waals surface area contributed by atoms with Crippen molar-refractivity contribution in [3.8, 4) is 0 Å². The Labute approximate surface area is 163 Å². The molecule has 0 bridgehead atoms. The summed E-state index contributed by atoms with van der Waals surface area (Å²) >= 11 is 0. The van der Waals surface area contributed by atoms with E-state index in [-0.39, 0.29) is 5.70 Å². The van der Waals surface area contributed by atoms with E-state index < -0.39 is 23.9 Å². The minimum Gasteiger partial charge on any atom is -0.448 e. The molecule has 2 rings (SSSR count). The Morgan fingerprint density at radius 3 is 2.36 bits per heavy atom. The number of ether oxygens (including phenoxy) is 1. The molecule has 0 aliphatic carbocycles. The summed E-state index contributed by atoms with van der Waals surface area (Å²) in [5.41, 5.74) is 2.69. The van der Waals surface area contributed by atoms with Crippen molar-refractivity contribution in [3.05, 3.63) is 53.0 Å². The van der Waals surface area contributed by atoms with E-state index in [9.17, 15) is 14.4 Å². The highest BCUT2D eigenvalue weighted by atomic mass is 16.5. The van der Waals surface area contributed by atoms with Gasteiger partial charge in [-0.25, -0.2) is 4.79 Å². The fourth-order valence-corrected chi connectivity index (χ4v) is 2.51. The van der Waals surface area contributed by atoms with Gasteiger partial charge in [0, 0.05) is 14.0 Å². The lowest BCUT2D eigenvalue weighted by Crippen LogP contribution is -2.34. The molecule has 0 radical (unpaired) electrons. The average molecular weight is 384 g/mol. The lowest BCUT2D eigenvalue weighted by molar-refractivity contribution is -0.149. The summed E-state index contributed by atoms with van der Waals surface area (Å²) in [6, 6.07) is 9.00. The normalized spacial score (nSPS) is 12.2. The molecule has 0 saturated heterocycles. The van der Waals surface area contributed by atoms with Gasteiger partial charge >= 0.3 is 5.97 Å². The Hall–Kier alpha value is -3.42. The molecular weight excluding hydrogens is 360 g/mol. The predicted molar refractivity (Wildman–Crippen MR) is 105 cm³/mol. The molecule has 1 aromatic carbocycles. The molecule has 0 fully saturated rings. The molecule has 0 spiro atoms. The zero-order valence-corrected chi connectivity index (χ0v) is 16.6. The van der Waals surface area contributed by atoms with Gasteiger partial charge in [-0.05, 0) is 32.4 Å². The molecule has 2 N–H and O–H groups in total. The maximum absolute atomic E-state index is 12.5. The van der Waals surface area contributed by atoms with Crippen LogP contribution in [0.2, 0.25) is 0 Å². The largest absolute Gasteiger partial charge is 0.448 e. The van der Waals surface area contributed by atoms with E-state index in [0.717, 1.165) is 5.69 Å². The van der Waals surface area contributed by atoms with Crippen molar-refractivity contribution in [2.75, 3.05) is 5.32 Å². The van der Waals surface area contributed by atoms with Crippen LogP contribution in [0.5, 0.6) is 0 Å². The van der Waals surface area contributed by atoms with Crippen LogP contribution in [0.4, 0.5) is 5.69 Å². The van der Waals surface area contributed by atoms with Crippen molar-refractivity contribution in [1.82, 2.24) is 15.1 Å². The second-order valence-electron chi connectivity index (χ2n) is 6.36. The van der Waals surface area contributed by atoms with Crippen LogP contribution >= 0.6 is 0 Å². The number of aryl methyl sites for hydroxylation is 2. The van der Waals surface area contributed by atoms with Crippen molar-refractivity contribution in [3.63, 3.8) is 0 Å². The second kappa shape index (κ2) is 8.98. The van der Waals surface area contributed by atoms with Gasteiger partial charge in [0.15, 0.2) is 6.10 Å². The molecule has 1 aromatic heterocycles. The molecule has 8 heteroatoms. The molecule has 8 nitrogen and oxygen atoms in total. The number of carbonyl (C=O) groups is 3. The Morgan fingerprint density at radius 2 is 1.82 bits per heavy atom. The van der Waals surface area contributed by atoms with Crippen LogP contribution in [0.15, 0.2) is 36.0 Å². The van der Waals surface area contributed by atoms with Crippen LogP contribution in [-0.2, 0) is 26.2 Å². The Balaban J connectivity index is 2.12. The molecule has 1 unspecified atom stereocenters. The minimum absolute atomic E-state index is 0.0490. The van der Waals surface area contributed by atoms with Gasteiger partial charge in [-0.1, -0.05) is 30.3 Å². The zero-order valence-electron chi connectivity index (χ0n) is 16.6. The van der Waals surface area contributed by atoms with Crippen LogP contribution < -0.4 is 10.6 Å². The van der Waals surface area contributed by atoms with E-state index in [1.54, 1.807) is 42.9 Å². The van der Waals surface area contributed by atoms with Crippen molar-refractivity contribution >= 4 is 29.5 Å². The Kier molecular flexibility index (Phi) is 6.70. The number of hydrogen-bond donors (Lipinski definition) is 2. The number of hydrogen-bond acceptors (Lipinski definition) is 5. The Morgan fingerprint density at radius 1 is 1.18 bits per heavy atom. The van der Waals surface area contributed by atoms with Crippen molar-refractivity contribution in [2.45, 2.75) is 33.8 Å². The van der Waals surface area contributed by atoms with Gasteiger partial charge < -0.3 is 15.4 Å². The summed E-state index contributed by atoms with van der Waals surface area (Å²) in [7, 11) is 1.77. The number of carbonyl (C=O) groups excluding carboxylic acids is 3. The number of anilines is 1. The molecule has 0 aliphatic rings. The van der Waals surface area contributed by atoms with E-state index in [0.29, 0.717) is 16.9 Å². The minimum atomic E-state index is -1.07. The molecule has 28 heavy (non-hydrogen) atoms. The summed E-state index contributed by atoms with van der Waals surface area (Å²) < 4.78 is 6.90. The van der Waals surface area contributed by atoms with E-state index in [4.69, 9.17) is 4.74 Å². The summed E-state index contributed by atoms with van der Waals surface area (Å²) in [4.78, 5) is 36.4. The van der Waals surface area contributed by atoms with Gasteiger partial charge in [0.1, 0.15) is 5.70 Å². The average Bonchev–Trinajstić information content (AvgIpc) is 2.87. The van der Waals surface area contributed by atoms with Gasteiger partial charge in [0.25, 0.3) is 5.91 Å². The maximum Gasteiger partial charge on any atom is 0.355 e. The van der Waals surface area contributed by atoms with E-state index in [1.807, 2.05) is 13.0 Å². The summed E-state index contributed by atoms with van der Waals surface area (Å²) in [5, 5.41) is 9.40. The third-order valence-corrected chi connectivity index (χ3v) is 4.05. The van der Waals surface area contributed by atoms with Crippen molar-refractivity contribution < 1.29 is 19.1 Å². The molecule has 148 valence electrons. The first-order chi connectivity index (χ1) is 13.2. The van der Waals surface area contributed by atoms with Gasteiger partial charge in [0.05, 0.1) is 17.1 Å². The van der Waals surface area contributed by atoms with Crippen LogP contribution in [0.25, 0.3) is 6.08 Å². The molecule has 0 saturated carbocycles. The van der Waals surface area contributed by atoms with Gasteiger partial charge in [-0.3, -0.25) is 14.3 Å². The summed E-state index contributed by atoms with van der Waals surface area (Å²) in [6.07, 6.45) is 0.420. The Bertz CT molecular complexity index is 916. The standard InChI is InChI=1S/C20H24N4O4/c1-12-18(13(2)24(5)23-12)22-19(26)14(3)28-20(27)17(21-15(4)25)11-16-9-7-6-8-10-16/h6-11,14H,1-5H3,(H,21,25)(H,22,26)/b17-11-. The molecule has 1 heterocycles. The number of nitrogens with one attached hydrogen (secondary N) is 2. The van der Waals surface area contributed by atoms with Gasteiger partial charge in [0.2, 0.25) is 5.91 Å². The van der Waals surface area contributed by atoms with Crippen molar-refractivity contribution in [1.29, 1.82) is 0 Å². The fraction of sp³-hybridized carbons (Fsp3) is 0.300. The highest BCUT2D eigenvalue weighted by Crippen LogP contribution is 2.19. The first-order valence-corrected chi connectivity index (χ1v) is 8.75. The summed E-state index contributed by atoms with van der Waals surface area (Å²) in [6.45, 7) is 6.35. The molecular formula is C20H24N4O4. The van der Waals surface area contributed by atoms with Gasteiger partial charge in [-0.2, -0.15) is 5.10 Å². The predicted octanol–water partition coefficient (Wildman–Crippen LogP) is 2.08. The summed E-state index contributed by atoms with van der Waals surface area (Å²) in [5.74, 6) is -1.71. The first kappa shape index (κ1) is 20.9. The lowest BCUT2D eigenvalue weighted by Gasteiger charge is -2.15. The van der Waals surface area contributed by atoms with E-state index in [2.05, 4.69) is 15.7 Å². The maximum atomic E-state index is 12.5. The number of rotatable bonds is 6. The van der Waals surface area contributed by atoms with Crippen LogP contribution in [0, 0.1) is 13.8 Å². The molecule has 1 atom stereocenters. The lowest BCUT2D eigenvalue weighted by atomic mass is 10.2. The topological polar surface area (TPSA) is 102 Å². The quantitative estimate of drug-likeness (QED) is 0.586. The number of nitrogens with zero attached hydrogens (tertiary/aromatic N) is 2. The monoisotopic (exact) mass is 384 g/mol. The van der Waals surface area contributed by atoms with Crippen LogP contribution in [-0.4, -0.2) is 33.7 Å². The smallest absolute Gasteiger partial charge is 0.355 e. The third kappa shape index (κ3) is 5.29. The van der Waals surface area contributed by atoms with E-state index >= 15 is 0 Å². The van der Waals surface area contributed by atoms with Crippen LogP contribution in [0.1, 0.15) is 30.8 Å². The molecule has 0 aliphatic heterocycles. The second-order valence-corrected chi connectivity index (χ2v) is 6.36. The zero-order chi connectivity index (χ0) is 20.8. The van der Waals surface area contributed by atoms with Crippen LogP contribution in [0.3, 0.4) is 0 Å². The molecule has 2 amide bonds.